The molecule has 2 aromatic heterocycles. The van der Waals surface area contributed by atoms with E-state index < -0.39 is 0 Å². The molecular weight excluding hydrogens is 322 g/mol. The molecule has 0 fully saturated rings. The van der Waals surface area contributed by atoms with E-state index in [4.69, 9.17) is 0 Å². The van der Waals surface area contributed by atoms with Crippen molar-refractivity contribution in [1.82, 2.24) is 19.9 Å². The zero-order valence-corrected chi connectivity index (χ0v) is 13.6. The van der Waals surface area contributed by atoms with Crippen molar-refractivity contribution >= 4 is 33.3 Å². The van der Waals surface area contributed by atoms with Gasteiger partial charge in [0.2, 0.25) is 5.91 Å². The Labute approximate surface area is 126 Å². The summed E-state index contributed by atoms with van der Waals surface area (Å²) in [7, 11) is 0. The number of aromatic nitrogens is 3. The first kappa shape index (κ1) is 14.8. The van der Waals surface area contributed by atoms with E-state index in [9.17, 15) is 4.79 Å². The van der Waals surface area contributed by atoms with Crippen LogP contribution in [0, 0.1) is 13.8 Å². The topological polar surface area (TPSA) is 71.3 Å². The first-order chi connectivity index (χ1) is 9.38. The number of hydrogen-bond acceptors (Lipinski definition) is 4. The highest BCUT2D eigenvalue weighted by atomic mass is 79.9. The molecule has 0 aliphatic carbocycles. The lowest BCUT2D eigenvalue weighted by molar-refractivity contribution is -0.119. The maximum atomic E-state index is 11.7. The third-order valence-corrected chi connectivity index (χ3v) is 3.63. The second-order valence-electron chi connectivity index (χ2n) is 4.99. The van der Waals surface area contributed by atoms with Gasteiger partial charge in [-0.15, -0.1) is 0 Å². The highest BCUT2D eigenvalue weighted by molar-refractivity contribution is 9.10. The van der Waals surface area contributed by atoms with Gasteiger partial charge in [0.1, 0.15) is 5.82 Å². The Morgan fingerprint density at radius 3 is 2.80 bits per heavy atom. The van der Waals surface area contributed by atoms with Gasteiger partial charge < -0.3 is 10.6 Å². The molecule has 0 atom stereocenters. The Balaban J connectivity index is 2.26. The molecule has 0 aliphatic rings. The third kappa shape index (κ3) is 3.09. The molecule has 7 heteroatoms. The first-order valence-corrected chi connectivity index (χ1v) is 7.23. The zero-order chi connectivity index (χ0) is 14.9. The van der Waals surface area contributed by atoms with Crippen molar-refractivity contribution in [2.45, 2.75) is 33.7 Å². The predicted molar refractivity (Wildman–Crippen MR) is 81.9 cm³/mol. The number of carbonyl (C=O) groups is 1. The van der Waals surface area contributed by atoms with Gasteiger partial charge in [0, 0.05) is 17.8 Å². The van der Waals surface area contributed by atoms with Crippen molar-refractivity contribution < 1.29 is 4.79 Å². The SMILES string of the molecule is Cc1cc(NCC(=O)NC(C)C)n2nc(C)c(Br)c2n1. The van der Waals surface area contributed by atoms with Gasteiger partial charge >= 0.3 is 0 Å². The summed E-state index contributed by atoms with van der Waals surface area (Å²) in [6.07, 6.45) is 0. The van der Waals surface area contributed by atoms with Crippen LogP contribution in [0.15, 0.2) is 10.5 Å². The predicted octanol–water partition coefficient (Wildman–Crippen LogP) is 2.05. The Bertz CT molecular complexity index is 650. The number of anilines is 1. The maximum Gasteiger partial charge on any atom is 0.239 e. The lowest BCUT2D eigenvalue weighted by Gasteiger charge is -2.11. The highest BCUT2D eigenvalue weighted by Crippen LogP contribution is 2.23. The van der Waals surface area contributed by atoms with Crippen LogP contribution in [0.1, 0.15) is 25.2 Å². The molecule has 108 valence electrons. The van der Waals surface area contributed by atoms with Crippen LogP contribution in [0.5, 0.6) is 0 Å². The molecule has 0 unspecified atom stereocenters. The second kappa shape index (κ2) is 5.78. The van der Waals surface area contributed by atoms with Crippen molar-refractivity contribution in [3.63, 3.8) is 0 Å². The third-order valence-electron chi connectivity index (χ3n) is 2.70. The molecule has 0 bridgehead atoms. The Kier molecular flexibility index (Phi) is 4.27. The maximum absolute atomic E-state index is 11.7. The van der Waals surface area contributed by atoms with E-state index in [-0.39, 0.29) is 18.5 Å². The molecule has 0 radical (unpaired) electrons. The highest BCUT2D eigenvalue weighted by Gasteiger charge is 2.12. The minimum absolute atomic E-state index is 0.0504. The number of halogens is 1. The lowest BCUT2D eigenvalue weighted by Crippen LogP contribution is -2.35. The van der Waals surface area contributed by atoms with E-state index in [1.165, 1.54) is 0 Å². The van der Waals surface area contributed by atoms with Crippen LogP contribution in [0.3, 0.4) is 0 Å². The van der Waals surface area contributed by atoms with Crippen LogP contribution < -0.4 is 10.6 Å². The summed E-state index contributed by atoms with van der Waals surface area (Å²) in [4.78, 5) is 16.1. The standard InChI is InChI=1S/C13H18BrN5O/c1-7(2)16-11(20)6-15-10-5-8(3)17-13-12(14)9(4)18-19(10)13/h5,7,15H,6H2,1-4H3,(H,16,20). The molecule has 0 saturated carbocycles. The Morgan fingerprint density at radius 2 is 2.15 bits per heavy atom. The van der Waals surface area contributed by atoms with Gasteiger partial charge in [-0.05, 0) is 43.6 Å². The Hall–Kier alpha value is -1.63. The van der Waals surface area contributed by atoms with E-state index in [0.717, 1.165) is 27.3 Å². The average molecular weight is 340 g/mol. The molecular formula is C13H18BrN5O. The van der Waals surface area contributed by atoms with E-state index in [1.54, 1.807) is 4.52 Å². The number of nitrogens with one attached hydrogen (secondary N) is 2. The molecule has 2 heterocycles. The van der Waals surface area contributed by atoms with Crippen molar-refractivity contribution in [2.75, 3.05) is 11.9 Å². The van der Waals surface area contributed by atoms with E-state index in [1.807, 2.05) is 33.8 Å². The van der Waals surface area contributed by atoms with Crippen molar-refractivity contribution in [3.8, 4) is 0 Å². The fourth-order valence-corrected chi connectivity index (χ4v) is 2.22. The molecule has 2 N–H and O–H groups in total. The smallest absolute Gasteiger partial charge is 0.239 e. The normalized spacial score (nSPS) is 11.1. The average Bonchev–Trinajstić information content (AvgIpc) is 2.63. The van der Waals surface area contributed by atoms with Gasteiger partial charge in [-0.25, -0.2) is 4.98 Å². The molecule has 0 aromatic carbocycles. The summed E-state index contributed by atoms with van der Waals surface area (Å²) in [5, 5.41) is 10.3. The van der Waals surface area contributed by atoms with Crippen molar-refractivity contribution in [1.29, 1.82) is 0 Å². The zero-order valence-electron chi connectivity index (χ0n) is 12.0. The van der Waals surface area contributed by atoms with Gasteiger partial charge in [-0.3, -0.25) is 4.79 Å². The van der Waals surface area contributed by atoms with Gasteiger partial charge in [0.25, 0.3) is 0 Å². The number of fused-ring (bicyclic) bond motifs is 1. The molecule has 0 spiro atoms. The van der Waals surface area contributed by atoms with Crippen LogP contribution in [0.2, 0.25) is 0 Å². The number of nitrogens with zero attached hydrogens (tertiary/aromatic N) is 3. The molecule has 1 amide bonds. The molecule has 2 aromatic rings. The fraction of sp³-hybridized carbons (Fsp3) is 0.462. The van der Waals surface area contributed by atoms with Crippen LogP contribution in [-0.2, 0) is 4.79 Å². The quantitative estimate of drug-likeness (QED) is 0.894. The second-order valence-corrected chi connectivity index (χ2v) is 5.79. The van der Waals surface area contributed by atoms with Gasteiger partial charge in [0.15, 0.2) is 5.65 Å². The number of hydrogen-bond donors (Lipinski definition) is 2. The van der Waals surface area contributed by atoms with Crippen molar-refractivity contribution in [3.05, 3.63) is 21.9 Å². The minimum atomic E-state index is -0.0504. The van der Waals surface area contributed by atoms with Crippen molar-refractivity contribution in [2.24, 2.45) is 0 Å². The summed E-state index contributed by atoms with van der Waals surface area (Å²) in [6.45, 7) is 7.88. The minimum Gasteiger partial charge on any atom is -0.361 e. The first-order valence-electron chi connectivity index (χ1n) is 6.44. The summed E-state index contributed by atoms with van der Waals surface area (Å²) >= 11 is 3.48. The van der Waals surface area contributed by atoms with Gasteiger partial charge in [-0.1, -0.05) is 0 Å². The summed E-state index contributed by atoms with van der Waals surface area (Å²) in [5.41, 5.74) is 2.47. The molecule has 6 nitrogen and oxygen atoms in total. The molecule has 20 heavy (non-hydrogen) atoms. The summed E-state index contributed by atoms with van der Waals surface area (Å²) in [6, 6.07) is 2.00. The summed E-state index contributed by atoms with van der Waals surface area (Å²) < 4.78 is 2.57. The number of rotatable bonds is 4. The van der Waals surface area contributed by atoms with E-state index in [0.29, 0.717) is 0 Å². The largest absolute Gasteiger partial charge is 0.361 e. The monoisotopic (exact) mass is 339 g/mol. The fourth-order valence-electron chi connectivity index (χ4n) is 1.89. The lowest BCUT2D eigenvalue weighted by atomic mass is 10.3. The summed E-state index contributed by atoms with van der Waals surface area (Å²) in [5.74, 6) is 0.700. The molecule has 2 rings (SSSR count). The van der Waals surface area contributed by atoms with Crippen LogP contribution in [0.4, 0.5) is 5.82 Å². The molecule has 0 aliphatic heterocycles. The van der Waals surface area contributed by atoms with Gasteiger partial charge in [-0.2, -0.15) is 9.61 Å². The van der Waals surface area contributed by atoms with Crippen LogP contribution in [-0.4, -0.2) is 33.1 Å². The number of amides is 1. The number of carbonyl (C=O) groups excluding carboxylic acids is 1. The Morgan fingerprint density at radius 1 is 1.45 bits per heavy atom. The van der Waals surface area contributed by atoms with E-state index in [2.05, 4.69) is 36.6 Å². The van der Waals surface area contributed by atoms with Crippen LogP contribution >= 0.6 is 15.9 Å². The van der Waals surface area contributed by atoms with Crippen LogP contribution in [0.25, 0.3) is 5.65 Å². The van der Waals surface area contributed by atoms with Gasteiger partial charge in [0.05, 0.1) is 16.7 Å². The molecule has 0 saturated heterocycles. The number of aryl methyl sites for hydroxylation is 2. The van der Waals surface area contributed by atoms with E-state index >= 15 is 0 Å².